The van der Waals surface area contributed by atoms with Crippen LogP contribution in [0.3, 0.4) is 0 Å². The Bertz CT molecular complexity index is 1420. The van der Waals surface area contributed by atoms with Gasteiger partial charge in [0.05, 0.1) is 13.0 Å². The fourth-order valence-corrected chi connectivity index (χ4v) is 5.82. The van der Waals surface area contributed by atoms with Gasteiger partial charge in [-0.25, -0.2) is 0 Å². The zero-order chi connectivity index (χ0) is 44.9. The van der Waals surface area contributed by atoms with Crippen molar-refractivity contribution in [3.8, 4) is 0 Å². The molecule has 0 saturated heterocycles. The molecule has 0 aromatic heterocycles. The predicted molar refractivity (Wildman–Crippen MR) is 269 cm³/mol. The Morgan fingerprint density at radius 1 is 0.387 bits per heavy atom. The van der Waals surface area contributed by atoms with Crippen LogP contribution in [0.5, 0.6) is 0 Å². The minimum atomic E-state index is -0.829. The molecule has 0 heterocycles. The van der Waals surface area contributed by atoms with Crippen LogP contribution < -0.4 is 0 Å². The summed E-state index contributed by atoms with van der Waals surface area (Å²) in [6.07, 6.45) is 79.2. The molecule has 62 heavy (non-hydrogen) atoms. The van der Waals surface area contributed by atoms with Crippen molar-refractivity contribution >= 4 is 11.9 Å². The summed E-state index contributed by atoms with van der Waals surface area (Å²) >= 11 is 0. The van der Waals surface area contributed by atoms with Gasteiger partial charge in [0.2, 0.25) is 0 Å². The van der Waals surface area contributed by atoms with E-state index >= 15 is 0 Å². The number of hydrogen-bond donors (Lipinski definition) is 1. The van der Waals surface area contributed by atoms with Gasteiger partial charge >= 0.3 is 11.9 Å². The van der Waals surface area contributed by atoms with Crippen LogP contribution in [0, 0.1) is 0 Å². The van der Waals surface area contributed by atoms with E-state index in [0.717, 1.165) is 109 Å². The molecule has 0 aliphatic rings. The van der Waals surface area contributed by atoms with E-state index in [9.17, 15) is 14.7 Å². The van der Waals surface area contributed by atoms with E-state index in [1.54, 1.807) is 6.08 Å². The van der Waals surface area contributed by atoms with Gasteiger partial charge in [0.1, 0.15) is 6.61 Å². The summed E-state index contributed by atoms with van der Waals surface area (Å²) in [6, 6.07) is 0. The molecule has 1 N–H and O–H groups in total. The first kappa shape index (κ1) is 57.5. The van der Waals surface area contributed by atoms with Crippen molar-refractivity contribution in [2.45, 2.75) is 174 Å². The maximum absolute atomic E-state index is 12.2. The topological polar surface area (TPSA) is 72.8 Å². The number of carbonyl (C=O) groups excluding carboxylic acids is 2. The fraction of sp³-hybridized carbons (Fsp3) is 0.509. The molecule has 0 aromatic rings. The lowest BCUT2D eigenvalue weighted by Crippen LogP contribution is -2.28. The lowest BCUT2D eigenvalue weighted by Gasteiger charge is -2.15. The predicted octanol–water partition coefficient (Wildman–Crippen LogP) is 16.1. The zero-order valence-electron chi connectivity index (χ0n) is 39.1. The number of allylic oxidation sites excluding steroid dienone is 25. The molecule has 5 nitrogen and oxygen atoms in total. The van der Waals surface area contributed by atoms with Crippen molar-refractivity contribution in [3.05, 3.63) is 158 Å². The van der Waals surface area contributed by atoms with Crippen molar-refractivity contribution in [1.82, 2.24) is 0 Å². The Kier molecular flexibility index (Phi) is 47.2. The monoisotopic (exact) mass is 851 g/mol. The lowest BCUT2D eigenvalue weighted by molar-refractivity contribution is -0.161. The van der Waals surface area contributed by atoms with Gasteiger partial charge in [0, 0.05) is 6.42 Å². The average molecular weight is 851 g/mol. The summed E-state index contributed by atoms with van der Waals surface area (Å²) in [7, 11) is 0. The zero-order valence-corrected chi connectivity index (χ0v) is 39.1. The van der Waals surface area contributed by atoms with Gasteiger partial charge in [-0.15, -0.1) is 0 Å². The molecular weight excluding hydrogens is 765 g/mol. The molecule has 0 radical (unpaired) electrons. The van der Waals surface area contributed by atoms with Gasteiger partial charge in [-0.2, -0.15) is 0 Å². The molecule has 0 saturated carbocycles. The third kappa shape index (κ3) is 48.2. The van der Waals surface area contributed by atoms with Crippen LogP contribution in [0.4, 0.5) is 0 Å². The third-order valence-electron chi connectivity index (χ3n) is 9.35. The molecule has 0 fully saturated rings. The summed E-state index contributed by atoms with van der Waals surface area (Å²) in [6.45, 7) is 3.79. The number of ether oxygens (including phenoxy) is 2. The number of rotatable bonds is 41. The Balaban J connectivity index is 3.69. The number of hydrogen-bond acceptors (Lipinski definition) is 5. The number of aliphatic hydroxyl groups excluding tert-OH is 1. The van der Waals surface area contributed by atoms with Crippen molar-refractivity contribution in [3.63, 3.8) is 0 Å². The second-order valence-electron chi connectivity index (χ2n) is 15.1. The summed E-state index contributed by atoms with van der Waals surface area (Å²) in [4.78, 5) is 24.3. The Morgan fingerprint density at radius 2 is 0.694 bits per heavy atom. The maximum atomic E-state index is 12.2. The van der Waals surface area contributed by atoms with Crippen LogP contribution in [0.25, 0.3) is 0 Å². The highest BCUT2D eigenvalue weighted by atomic mass is 16.6. The van der Waals surface area contributed by atoms with E-state index in [1.165, 1.54) is 32.1 Å². The Hall–Kier alpha value is -4.48. The molecule has 0 aliphatic heterocycles. The highest BCUT2D eigenvalue weighted by Gasteiger charge is 2.15. The molecule has 0 rings (SSSR count). The highest BCUT2D eigenvalue weighted by molar-refractivity contribution is 5.71. The number of unbranched alkanes of at least 4 members (excludes halogenated alkanes) is 8. The number of esters is 2. The van der Waals surface area contributed by atoms with Crippen molar-refractivity contribution in [2.75, 3.05) is 13.2 Å². The van der Waals surface area contributed by atoms with E-state index in [2.05, 4.69) is 160 Å². The lowest BCUT2D eigenvalue weighted by atomic mass is 10.1. The fourth-order valence-electron chi connectivity index (χ4n) is 5.82. The van der Waals surface area contributed by atoms with Crippen LogP contribution in [0.15, 0.2) is 158 Å². The van der Waals surface area contributed by atoms with Crippen molar-refractivity contribution in [2.24, 2.45) is 0 Å². The number of aliphatic hydroxyl groups is 1. The molecule has 0 bridgehead atoms. The second kappa shape index (κ2) is 50.9. The van der Waals surface area contributed by atoms with Crippen molar-refractivity contribution in [1.29, 1.82) is 0 Å². The van der Waals surface area contributed by atoms with E-state index in [1.807, 2.05) is 6.08 Å². The molecule has 1 atom stereocenters. The van der Waals surface area contributed by atoms with E-state index in [4.69, 9.17) is 9.47 Å². The molecule has 0 amide bonds. The van der Waals surface area contributed by atoms with Gasteiger partial charge in [-0.05, 0) is 103 Å². The molecule has 5 heteroatoms. The normalized spacial score (nSPS) is 13.7. The largest absolute Gasteiger partial charge is 0.461 e. The maximum Gasteiger partial charge on any atom is 0.309 e. The Morgan fingerprint density at radius 3 is 1.05 bits per heavy atom. The molecule has 1 unspecified atom stereocenters. The first-order valence-corrected chi connectivity index (χ1v) is 24.0. The standard InChI is InChI=1S/C57H86O5/c1-3-5-7-9-11-13-15-17-19-20-21-22-23-24-25-26-27-28-29-30-31-32-33-34-35-36-38-40-42-44-46-48-50-52-57(60)62-55(53-58)54-61-56(59)51-49-47-45-43-41-39-37-18-16-14-12-10-8-6-4-2/h5-8,11-14,17-19,21-22,24-25,27-28,30-31,33-34,37,41,43,47,49,55,58H,3-4,9-10,15-16,20,23,26,29,32,35-36,38-40,42,44-46,48,50-54H2,1-2H3/b7-5-,8-6-,13-11-,14-12-,19-17-,22-21-,25-24-,28-27-,31-30-,34-33-,37-18-,43-41-,49-47-. The summed E-state index contributed by atoms with van der Waals surface area (Å²) in [5.74, 6) is -0.764. The minimum absolute atomic E-state index is 0.135. The smallest absolute Gasteiger partial charge is 0.309 e. The molecule has 0 spiro atoms. The molecule has 0 aromatic carbocycles. The van der Waals surface area contributed by atoms with Crippen LogP contribution >= 0.6 is 0 Å². The first-order chi connectivity index (χ1) is 30.6. The molecular formula is C57H86O5. The van der Waals surface area contributed by atoms with E-state index < -0.39 is 12.1 Å². The summed E-state index contributed by atoms with van der Waals surface area (Å²) < 4.78 is 10.5. The minimum Gasteiger partial charge on any atom is -0.461 e. The second-order valence-corrected chi connectivity index (χ2v) is 15.1. The van der Waals surface area contributed by atoms with Crippen LogP contribution in [-0.4, -0.2) is 36.4 Å². The van der Waals surface area contributed by atoms with Crippen LogP contribution in [0.2, 0.25) is 0 Å². The van der Waals surface area contributed by atoms with E-state index in [-0.39, 0.29) is 25.6 Å². The van der Waals surface area contributed by atoms with Crippen LogP contribution in [-0.2, 0) is 19.1 Å². The van der Waals surface area contributed by atoms with Crippen LogP contribution in [0.1, 0.15) is 168 Å². The molecule has 0 aliphatic carbocycles. The van der Waals surface area contributed by atoms with Gasteiger partial charge in [0.15, 0.2) is 6.10 Å². The average Bonchev–Trinajstić information content (AvgIpc) is 3.28. The first-order valence-electron chi connectivity index (χ1n) is 24.0. The van der Waals surface area contributed by atoms with Gasteiger partial charge < -0.3 is 14.6 Å². The van der Waals surface area contributed by atoms with Crippen molar-refractivity contribution < 1.29 is 24.2 Å². The Labute approximate surface area is 380 Å². The number of carbonyl (C=O) groups is 2. The SMILES string of the molecule is CC/C=C\C/C=C\C/C=C\C/C=C\C/C=C\C/C=C\C/C=C\C/C=C\CCCCCCCCCCC(=O)OC(CO)COC(=O)C/C=C\C/C=C\C/C=C\C/C=C\C/C=C\CC. The van der Waals surface area contributed by atoms with E-state index in [0.29, 0.717) is 6.42 Å². The van der Waals surface area contributed by atoms with Gasteiger partial charge in [0.25, 0.3) is 0 Å². The third-order valence-corrected chi connectivity index (χ3v) is 9.35. The summed E-state index contributed by atoms with van der Waals surface area (Å²) in [5, 5.41) is 9.58. The molecule has 344 valence electrons. The van der Waals surface area contributed by atoms with Gasteiger partial charge in [-0.3, -0.25) is 9.59 Å². The van der Waals surface area contributed by atoms with Gasteiger partial charge in [-0.1, -0.05) is 210 Å². The summed E-state index contributed by atoms with van der Waals surface area (Å²) in [5.41, 5.74) is 0. The quantitative estimate of drug-likeness (QED) is 0.0377. The highest BCUT2D eigenvalue weighted by Crippen LogP contribution is 2.12.